The van der Waals surface area contributed by atoms with E-state index in [1.54, 1.807) is 6.07 Å². The van der Waals surface area contributed by atoms with Gasteiger partial charge in [0.25, 0.3) is 0 Å². The molecule has 0 atom stereocenters. The highest BCUT2D eigenvalue weighted by atomic mass is 16.5. The van der Waals surface area contributed by atoms with E-state index < -0.39 is 5.97 Å². The van der Waals surface area contributed by atoms with Gasteiger partial charge >= 0.3 is 5.97 Å². The molecule has 0 heterocycles. The number of esters is 1. The Morgan fingerprint density at radius 1 is 1.43 bits per heavy atom. The van der Waals surface area contributed by atoms with Crippen LogP contribution in [-0.4, -0.2) is 19.4 Å². The molecule has 0 aliphatic carbocycles. The van der Waals surface area contributed by atoms with Crippen LogP contribution in [0.15, 0.2) is 18.2 Å². The summed E-state index contributed by atoms with van der Waals surface area (Å²) in [5, 5.41) is 0. The number of rotatable bonds is 3. The summed E-state index contributed by atoms with van der Waals surface area (Å²) in [4.78, 5) is 21.3. The number of methoxy groups -OCH3 is 1. The molecule has 74 valence electrons. The van der Waals surface area contributed by atoms with Crippen molar-refractivity contribution in [3.05, 3.63) is 23.8 Å². The first-order valence-electron chi connectivity index (χ1n) is 3.99. The second-order valence-corrected chi connectivity index (χ2v) is 2.62. The third-order valence-corrected chi connectivity index (χ3v) is 1.60. The van der Waals surface area contributed by atoms with Gasteiger partial charge in [0.1, 0.15) is 11.5 Å². The molecule has 0 aromatic heterocycles. The normalized spacial score (nSPS) is 9.29. The molecular weight excluding hydrogens is 184 g/mol. The quantitative estimate of drug-likeness (QED) is 0.415. The second-order valence-electron chi connectivity index (χ2n) is 2.62. The lowest BCUT2D eigenvalue weighted by molar-refractivity contribution is -0.131. The zero-order valence-electron chi connectivity index (χ0n) is 7.94. The maximum atomic E-state index is 10.7. The summed E-state index contributed by atoms with van der Waals surface area (Å²) in [6, 6.07) is 4.64. The van der Waals surface area contributed by atoms with Crippen molar-refractivity contribution in [2.75, 3.05) is 7.11 Å². The third-order valence-electron chi connectivity index (χ3n) is 1.60. The van der Waals surface area contributed by atoms with Crippen LogP contribution in [0.25, 0.3) is 0 Å². The Labute approximate surface area is 81.4 Å². The summed E-state index contributed by atoms with van der Waals surface area (Å²) >= 11 is 0. The lowest BCUT2D eigenvalue weighted by Gasteiger charge is -2.06. The molecule has 0 spiro atoms. The van der Waals surface area contributed by atoms with Gasteiger partial charge in [-0.25, -0.2) is 0 Å². The molecule has 0 N–H and O–H groups in total. The van der Waals surface area contributed by atoms with Crippen LogP contribution in [0.2, 0.25) is 0 Å². The van der Waals surface area contributed by atoms with Crippen molar-refractivity contribution in [3.8, 4) is 11.5 Å². The number of hydrogen-bond donors (Lipinski definition) is 0. The predicted molar refractivity (Wildman–Crippen MR) is 49.7 cm³/mol. The summed E-state index contributed by atoms with van der Waals surface area (Å²) in [6.45, 7) is 1.27. The molecule has 0 aliphatic rings. The maximum Gasteiger partial charge on any atom is 0.308 e. The minimum Gasteiger partial charge on any atom is -0.497 e. The van der Waals surface area contributed by atoms with Crippen molar-refractivity contribution in [2.24, 2.45) is 0 Å². The summed E-state index contributed by atoms with van der Waals surface area (Å²) in [6.07, 6.45) is 0.623. The third kappa shape index (κ3) is 2.32. The van der Waals surface area contributed by atoms with Gasteiger partial charge in [-0.1, -0.05) is 0 Å². The van der Waals surface area contributed by atoms with Crippen molar-refractivity contribution in [3.63, 3.8) is 0 Å². The van der Waals surface area contributed by atoms with Gasteiger partial charge in [0.05, 0.1) is 12.7 Å². The van der Waals surface area contributed by atoms with E-state index in [0.717, 1.165) is 0 Å². The van der Waals surface area contributed by atoms with E-state index in [-0.39, 0.29) is 5.75 Å². The average Bonchev–Trinajstić information content (AvgIpc) is 2.16. The van der Waals surface area contributed by atoms with Gasteiger partial charge in [-0.15, -0.1) is 0 Å². The molecule has 0 fully saturated rings. The molecule has 0 radical (unpaired) electrons. The van der Waals surface area contributed by atoms with Crippen LogP contribution in [0.5, 0.6) is 11.5 Å². The van der Waals surface area contributed by atoms with Crippen LogP contribution in [0, 0.1) is 0 Å². The van der Waals surface area contributed by atoms with Gasteiger partial charge in [-0.3, -0.25) is 9.59 Å². The van der Waals surface area contributed by atoms with Crippen molar-refractivity contribution in [2.45, 2.75) is 6.92 Å². The number of hydrogen-bond acceptors (Lipinski definition) is 4. The molecule has 1 rings (SSSR count). The number of ether oxygens (including phenoxy) is 2. The molecular formula is C10H10O4. The Morgan fingerprint density at radius 2 is 2.14 bits per heavy atom. The van der Waals surface area contributed by atoms with Crippen molar-refractivity contribution >= 4 is 12.3 Å². The van der Waals surface area contributed by atoms with Crippen LogP contribution in [-0.2, 0) is 4.79 Å². The summed E-state index contributed by atoms with van der Waals surface area (Å²) in [7, 11) is 1.49. The Morgan fingerprint density at radius 3 is 2.64 bits per heavy atom. The summed E-state index contributed by atoms with van der Waals surface area (Å²) < 4.78 is 9.76. The van der Waals surface area contributed by atoms with E-state index in [1.165, 1.54) is 26.2 Å². The zero-order chi connectivity index (χ0) is 10.6. The molecule has 0 saturated carbocycles. The molecule has 0 aliphatic heterocycles. The van der Waals surface area contributed by atoms with E-state index in [1.807, 2.05) is 0 Å². The van der Waals surface area contributed by atoms with Crippen LogP contribution in [0.3, 0.4) is 0 Å². The fourth-order valence-electron chi connectivity index (χ4n) is 0.982. The maximum absolute atomic E-state index is 10.7. The molecule has 0 unspecified atom stereocenters. The molecule has 1 aromatic carbocycles. The van der Waals surface area contributed by atoms with Crippen LogP contribution < -0.4 is 9.47 Å². The van der Waals surface area contributed by atoms with Gasteiger partial charge in [-0.05, 0) is 12.1 Å². The number of benzene rings is 1. The Bertz CT molecular complexity index is 357. The Hall–Kier alpha value is -1.84. The number of carbonyl (C=O) groups excluding carboxylic acids is 2. The standard InChI is InChI=1S/C10H10O4/c1-7(12)14-10-5-9(13-2)4-3-8(10)6-11/h3-6H,1-2H3. The van der Waals surface area contributed by atoms with Crippen molar-refractivity contribution < 1.29 is 19.1 Å². The van der Waals surface area contributed by atoms with E-state index in [0.29, 0.717) is 17.6 Å². The molecule has 0 bridgehead atoms. The van der Waals surface area contributed by atoms with Crippen LogP contribution in [0.1, 0.15) is 17.3 Å². The molecule has 4 heteroatoms. The van der Waals surface area contributed by atoms with Crippen molar-refractivity contribution in [1.29, 1.82) is 0 Å². The van der Waals surface area contributed by atoms with E-state index in [2.05, 4.69) is 0 Å². The molecule has 1 aromatic rings. The fourth-order valence-corrected chi connectivity index (χ4v) is 0.982. The SMILES string of the molecule is COc1ccc(C=O)c(OC(C)=O)c1. The summed E-state index contributed by atoms with van der Waals surface area (Å²) in [5.41, 5.74) is 0.320. The first kappa shape index (κ1) is 10.2. The molecule has 0 amide bonds. The molecule has 0 saturated heterocycles. The number of aldehydes is 1. The van der Waals surface area contributed by atoms with Gasteiger partial charge in [-0.2, -0.15) is 0 Å². The smallest absolute Gasteiger partial charge is 0.308 e. The fraction of sp³-hybridized carbons (Fsp3) is 0.200. The monoisotopic (exact) mass is 194 g/mol. The first-order chi connectivity index (χ1) is 6.67. The highest BCUT2D eigenvalue weighted by molar-refractivity contribution is 5.82. The van der Waals surface area contributed by atoms with Gasteiger partial charge in [0.15, 0.2) is 6.29 Å². The minimum absolute atomic E-state index is 0.215. The molecule has 4 nitrogen and oxygen atoms in total. The van der Waals surface area contributed by atoms with Crippen molar-refractivity contribution in [1.82, 2.24) is 0 Å². The lowest BCUT2D eigenvalue weighted by Crippen LogP contribution is -2.03. The Balaban J connectivity index is 3.07. The van der Waals surface area contributed by atoms with E-state index >= 15 is 0 Å². The average molecular weight is 194 g/mol. The number of carbonyl (C=O) groups is 2. The highest BCUT2D eigenvalue weighted by Gasteiger charge is 2.06. The van der Waals surface area contributed by atoms with Gasteiger partial charge in [0, 0.05) is 13.0 Å². The largest absolute Gasteiger partial charge is 0.497 e. The van der Waals surface area contributed by atoms with Crippen LogP contribution in [0.4, 0.5) is 0 Å². The van der Waals surface area contributed by atoms with Gasteiger partial charge in [0.2, 0.25) is 0 Å². The lowest BCUT2D eigenvalue weighted by atomic mass is 10.2. The van der Waals surface area contributed by atoms with E-state index in [4.69, 9.17) is 9.47 Å². The molecule has 14 heavy (non-hydrogen) atoms. The van der Waals surface area contributed by atoms with E-state index in [9.17, 15) is 9.59 Å². The zero-order valence-corrected chi connectivity index (χ0v) is 7.94. The predicted octanol–water partition coefficient (Wildman–Crippen LogP) is 1.43. The Kier molecular flexibility index (Phi) is 3.23. The second kappa shape index (κ2) is 4.41. The van der Waals surface area contributed by atoms with Crippen LogP contribution >= 0.6 is 0 Å². The topological polar surface area (TPSA) is 52.6 Å². The highest BCUT2D eigenvalue weighted by Crippen LogP contribution is 2.23. The minimum atomic E-state index is -0.471. The summed E-state index contributed by atoms with van der Waals surface area (Å²) in [5.74, 6) is 0.278. The van der Waals surface area contributed by atoms with Gasteiger partial charge < -0.3 is 9.47 Å². The first-order valence-corrected chi connectivity index (χ1v) is 3.99.